The van der Waals surface area contributed by atoms with Gasteiger partial charge in [0.2, 0.25) is 5.91 Å². The minimum Gasteiger partial charge on any atom is -0.354 e. The summed E-state index contributed by atoms with van der Waals surface area (Å²) in [5, 5.41) is 0.737. The first-order chi connectivity index (χ1) is 6.29. The number of hydrogen-bond donors (Lipinski definition) is 1. The minimum absolute atomic E-state index is 0.286. The monoisotopic (exact) mass is 229 g/mol. The van der Waals surface area contributed by atoms with Gasteiger partial charge in [-0.2, -0.15) is 24.9 Å². The fourth-order valence-electron chi connectivity index (χ4n) is 0.730. The van der Waals surface area contributed by atoms with Gasteiger partial charge in [-0.25, -0.2) is 0 Å². The predicted molar refractivity (Wildman–Crippen MR) is 51.2 cm³/mol. The Kier molecular flexibility index (Phi) is 5.33. The predicted octanol–water partition coefficient (Wildman–Crippen LogP) is 2.05. The number of rotatable bonds is 4. The molecule has 0 saturated heterocycles. The number of alkyl halides is 3. The lowest BCUT2D eigenvalue weighted by atomic mass is 10.2. The Balaban J connectivity index is 4.04. The van der Waals surface area contributed by atoms with E-state index in [-0.39, 0.29) is 18.4 Å². The highest BCUT2D eigenvalue weighted by molar-refractivity contribution is 7.99. The maximum atomic E-state index is 12.2. The third-order valence-corrected chi connectivity index (χ3v) is 2.64. The van der Waals surface area contributed by atoms with E-state index in [1.807, 2.05) is 0 Å². The van der Waals surface area contributed by atoms with Gasteiger partial charge in [0.25, 0.3) is 0 Å². The van der Waals surface area contributed by atoms with Gasteiger partial charge in [0.05, 0.1) is 0 Å². The zero-order valence-electron chi connectivity index (χ0n) is 8.31. The smallest absolute Gasteiger partial charge is 0.354 e. The van der Waals surface area contributed by atoms with Gasteiger partial charge >= 0.3 is 6.18 Å². The van der Waals surface area contributed by atoms with Gasteiger partial charge in [-0.1, -0.05) is 13.8 Å². The number of nitrogens with one attached hydrogen (secondary N) is 1. The number of thioether (sulfide) groups is 1. The lowest BCUT2D eigenvalue weighted by molar-refractivity contribution is -0.132. The quantitative estimate of drug-likeness (QED) is 0.799. The molecule has 0 saturated carbocycles. The third kappa shape index (κ3) is 4.74. The molecule has 1 N–H and O–H groups in total. The van der Waals surface area contributed by atoms with Crippen LogP contribution in [0.15, 0.2) is 0 Å². The van der Waals surface area contributed by atoms with Crippen LogP contribution in [0.2, 0.25) is 0 Å². The molecule has 0 aromatic rings. The summed E-state index contributed by atoms with van der Waals surface area (Å²) in [7, 11) is 0. The van der Waals surface area contributed by atoms with Crippen LogP contribution in [-0.4, -0.2) is 30.1 Å². The van der Waals surface area contributed by atoms with Crippen LogP contribution in [0.4, 0.5) is 13.2 Å². The van der Waals surface area contributed by atoms with E-state index in [0.29, 0.717) is 11.8 Å². The van der Waals surface area contributed by atoms with Gasteiger partial charge in [-0.05, 0) is 6.26 Å². The van der Waals surface area contributed by atoms with Crippen LogP contribution >= 0.6 is 11.8 Å². The first-order valence-electron chi connectivity index (χ1n) is 4.16. The van der Waals surface area contributed by atoms with Gasteiger partial charge in [0.1, 0.15) is 5.25 Å². The average molecular weight is 229 g/mol. The summed E-state index contributed by atoms with van der Waals surface area (Å²) in [5.41, 5.74) is 0. The summed E-state index contributed by atoms with van der Waals surface area (Å²) in [4.78, 5) is 11.0. The molecule has 0 fully saturated rings. The van der Waals surface area contributed by atoms with Crippen molar-refractivity contribution in [1.29, 1.82) is 0 Å². The van der Waals surface area contributed by atoms with Crippen LogP contribution in [0.3, 0.4) is 0 Å². The molecule has 14 heavy (non-hydrogen) atoms. The maximum Gasteiger partial charge on any atom is 0.402 e. The highest BCUT2D eigenvalue weighted by atomic mass is 32.2. The van der Waals surface area contributed by atoms with Crippen molar-refractivity contribution in [3.8, 4) is 0 Å². The van der Waals surface area contributed by atoms with Crippen molar-refractivity contribution in [3.05, 3.63) is 0 Å². The highest BCUT2D eigenvalue weighted by Gasteiger charge is 2.39. The summed E-state index contributed by atoms with van der Waals surface area (Å²) in [6.07, 6.45) is -2.89. The topological polar surface area (TPSA) is 29.1 Å². The average Bonchev–Trinajstić information content (AvgIpc) is 2.02. The number of hydrogen-bond acceptors (Lipinski definition) is 2. The normalized spacial score (nSPS) is 14.2. The minimum atomic E-state index is -4.26. The van der Waals surface area contributed by atoms with Crippen LogP contribution in [0.25, 0.3) is 0 Å². The van der Waals surface area contributed by atoms with Crippen molar-refractivity contribution in [2.75, 3.05) is 12.8 Å². The van der Waals surface area contributed by atoms with Gasteiger partial charge in [0, 0.05) is 12.5 Å². The molecule has 0 aliphatic rings. The van der Waals surface area contributed by atoms with Crippen LogP contribution in [0, 0.1) is 5.92 Å². The summed E-state index contributed by atoms with van der Waals surface area (Å²) in [5.74, 6) is -0.640. The van der Waals surface area contributed by atoms with E-state index in [9.17, 15) is 18.0 Å². The number of carbonyl (C=O) groups is 1. The van der Waals surface area contributed by atoms with Crippen molar-refractivity contribution in [1.82, 2.24) is 5.32 Å². The lowest BCUT2D eigenvalue weighted by Gasteiger charge is -2.19. The number of carbonyl (C=O) groups excluding carboxylic acids is 1. The molecular weight excluding hydrogens is 215 g/mol. The largest absolute Gasteiger partial charge is 0.402 e. The molecule has 1 unspecified atom stereocenters. The second-order valence-electron chi connectivity index (χ2n) is 3.17. The molecule has 0 bridgehead atoms. The first kappa shape index (κ1) is 13.6. The summed E-state index contributed by atoms with van der Waals surface area (Å²) >= 11 is 0.691. The lowest BCUT2D eigenvalue weighted by Crippen LogP contribution is -2.40. The molecule has 0 spiro atoms. The van der Waals surface area contributed by atoms with Crippen molar-refractivity contribution in [2.45, 2.75) is 25.3 Å². The van der Waals surface area contributed by atoms with Crippen molar-refractivity contribution >= 4 is 17.7 Å². The Bertz CT molecular complexity index is 194. The highest BCUT2D eigenvalue weighted by Crippen LogP contribution is 2.28. The third-order valence-electron chi connectivity index (χ3n) is 1.64. The SMILES string of the molecule is CSC(CNC(=O)C(C)C)C(F)(F)F. The van der Waals surface area contributed by atoms with E-state index in [4.69, 9.17) is 0 Å². The molecule has 0 aromatic heterocycles. The molecule has 0 aliphatic carbocycles. The molecule has 1 atom stereocenters. The Morgan fingerprint density at radius 1 is 1.43 bits per heavy atom. The van der Waals surface area contributed by atoms with Crippen molar-refractivity contribution in [2.24, 2.45) is 5.92 Å². The van der Waals surface area contributed by atoms with E-state index >= 15 is 0 Å². The van der Waals surface area contributed by atoms with Gasteiger partial charge in [-0.3, -0.25) is 4.79 Å². The molecule has 2 nitrogen and oxygen atoms in total. The van der Waals surface area contributed by atoms with Gasteiger partial charge in [-0.15, -0.1) is 0 Å². The zero-order chi connectivity index (χ0) is 11.4. The van der Waals surface area contributed by atoms with Gasteiger partial charge < -0.3 is 5.32 Å². The van der Waals surface area contributed by atoms with Crippen LogP contribution in [-0.2, 0) is 4.79 Å². The fourth-order valence-corrected chi connectivity index (χ4v) is 1.25. The second-order valence-corrected chi connectivity index (χ2v) is 4.21. The Hall–Kier alpha value is -0.390. The van der Waals surface area contributed by atoms with E-state index in [1.54, 1.807) is 13.8 Å². The summed E-state index contributed by atoms with van der Waals surface area (Å²) in [6, 6.07) is 0. The van der Waals surface area contributed by atoms with Crippen molar-refractivity contribution in [3.63, 3.8) is 0 Å². The Labute approximate surface area is 85.6 Å². The van der Waals surface area contributed by atoms with Gasteiger partial charge in [0.15, 0.2) is 0 Å². The fraction of sp³-hybridized carbons (Fsp3) is 0.875. The number of amides is 1. The summed E-state index contributed by atoms with van der Waals surface area (Å²) in [6.45, 7) is 2.91. The van der Waals surface area contributed by atoms with Crippen molar-refractivity contribution < 1.29 is 18.0 Å². The molecule has 6 heteroatoms. The van der Waals surface area contributed by atoms with Crippen LogP contribution in [0.1, 0.15) is 13.8 Å². The molecule has 0 rings (SSSR count). The Morgan fingerprint density at radius 3 is 2.21 bits per heavy atom. The Morgan fingerprint density at radius 2 is 1.93 bits per heavy atom. The van der Waals surface area contributed by atoms with Crippen LogP contribution < -0.4 is 5.32 Å². The standard InChI is InChI=1S/C8H14F3NOS/c1-5(2)7(13)12-4-6(14-3)8(9,10)11/h5-6H,4H2,1-3H3,(H,12,13). The molecule has 84 valence electrons. The van der Waals surface area contributed by atoms with E-state index in [1.165, 1.54) is 6.26 Å². The van der Waals surface area contributed by atoms with E-state index in [2.05, 4.69) is 5.32 Å². The number of halogens is 3. The van der Waals surface area contributed by atoms with Crippen LogP contribution in [0.5, 0.6) is 0 Å². The van der Waals surface area contributed by atoms with E-state index in [0.717, 1.165) is 0 Å². The first-order valence-corrected chi connectivity index (χ1v) is 5.45. The maximum absolute atomic E-state index is 12.2. The molecule has 0 radical (unpaired) electrons. The molecule has 0 aromatic carbocycles. The molecular formula is C8H14F3NOS. The molecule has 0 heterocycles. The summed E-state index contributed by atoms with van der Waals surface area (Å²) < 4.78 is 36.6. The molecule has 0 aliphatic heterocycles. The van der Waals surface area contributed by atoms with E-state index < -0.39 is 11.4 Å². The second kappa shape index (κ2) is 5.48. The zero-order valence-corrected chi connectivity index (χ0v) is 9.13. The molecule has 1 amide bonds.